The van der Waals surface area contributed by atoms with Gasteiger partial charge in [-0.05, 0) is 88.9 Å². The van der Waals surface area contributed by atoms with E-state index in [1.54, 1.807) is 0 Å². The molecule has 1 fully saturated rings. The summed E-state index contributed by atoms with van der Waals surface area (Å²) in [6.45, 7) is 6.36. The zero-order chi connectivity index (χ0) is 25.2. The molecule has 2 aromatic carbocycles. The van der Waals surface area contributed by atoms with Gasteiger partial charge in [0.05, 0.1) is 12.3 Å². The summed E-state index contributed by atoms with van der Waals surface area (Å²) >= 11 is 0. The number of hydrogen-bond acceptors (Lipinski definition) is 4. The summed E-state index contributed by atoms with van der Waals surface area (Å²) in [5.74, 6) is 0.843. The van der Waals surface area contributed by atoms with Gasteiger partial charge in [0.2, 0.25) is 5.91 Å². The summed E-state index contributed by atoms with van der Waals surface area (Å²) < 4.78 is 6.05. The molecule has 0 atom stereocenters. The van der Waals surface area contributed by atoms with Crippen LogP contribution in [0.3, 0.4) is 0 Å². The lowest BCUT2D eigenvalue weighted by Crippen LogP contribution is -2.44. The van der Waals surface area contributed by atoms with Crippen LogP contribution in [-0.2, 0) is 11.2 Å². The SMILES string of the molecule is CCc1ccccc1C(=O)Nc1ccc(C)cc1OCCCCCC(=O)N1CCC(N(C)C)CC1. The lowest BCUT2D eigenvalue weighted by atomic mass is 10.0. The van der Waals surface area contributed by atoms with Gasteiger partial charge in [0, 0.05) is 31.1 Å². The van der Waals surface area contributed by atoms with Gasteiger partial charge in [-0.25, -0.2) is 0 Å². The first-order chi connectivity index (χ1) is 16.9. The number of hydrogen-bond donors (Lipinski definition) is 1. The number of nitrogens with one attached hydrogen (secondary N) is 1. The van der Waals surface area contributed by atoms with Crippen LogP contribution in [0, 0.1) is 6.92 Å². The average Bonchev–Trinajstić information content (AvgIpc) is 2.87. The molecule has 2 aromatic rings. The van der Waals surface area contributed by atoms with Crippen molar-refractivity contribution in [1.82, 2.24) is 9.80 Å². The fourth-order valence-corrected chi connectivity index (χ4v) is 4.62. The van der Waals surface area contributed by atoms with Crippen LogP contribution in [0.25, 0.3) is 0 Å². The third kappa shape index (κ3) is 7.82. The van der Waals surface area contributed by atoms with Crippen LogP contribution in [0.5, 0.6) is 5.75 Å². The second-order valence-corrected chi connectivity index (χ2v) is 9.70. The zero-order valence-corrected chi connectivity index (χ0v) is 21.8. The highest BCUT2D eigenvalue weighted by atomic mass is 16.5. The second kappa shape index (κ2) is 13.3. The molecule has 0 radical (unpaired) electrons. The minimum absolute atomic E-state index is 0.121. The molecule has 0 unspecified atom stereocenters. The fourth-order valence-electron chi connectivity index (χ4n) is 4.62. The molecule has 6 nitrogen and oxygen atoms in total. The summed E-state index contributed by atoms with van der Waals surface area (Å²) in [7, 11) is 4.23. The Hall–Kier alpha value is -2.86. The number of piperidine rings is 1. The Labute approximate surface area is 210 Å². The molecule has 2 amide bonds. The van der Waals surface area contributed by atoms with Crippen molar-refractivity contribution in [2.45, 2.75) is 64.8 Å². The first-order valence-electron chi connectivity index (χ1n) is 13.0. The van der Waals surface area contributed by atoms with Crippen molar-refractivity contribution < 1.29 is 14.3 Å². The molecule has 0 bridgehead atoms. The number of likely N-dealkylation sites (tertiary alicyclic amines) is 1. The minimum Gasteiger partial charge on any atom is -0.491 e. The van der Waals surface area contributed by atoms with Gasteiger partial charge in [-0.15, -0.1) is 0 Å². The molecule has 1 aliphatic rings. The van der Waals surface area contributed by atoms with Crippen LogP contribution in [0.4, 0.5) is 5.69 Å². The summed E-state index contributed by atoms with van der Waals surface area (Å²) in [4.78, 5) is 29.7. The van der Waals surface area contributed by atoms with Crippen molar-refractivity contribution in [3.63, 3.8) is 0 Å². The lowest BCUT2D eigenvalue weighted by Gasteiger charge is -2.35. The third-order valence-electron chi connectivity index (χ3n) is 6.87. The largest absolute Gasteiger partial charge is 0.491 e. The van der Waals surface area contributed by atoms with Gasteiger partial charge < -0.3 is 19.9 Å². The first kappa shape index (κ1) is 26.7. The topological polar surface area (TPSA) is 61.9 Å². The number of carbonyl (C=O) groups excluding carboxylic acids is 2. The van der Waals surface area contributed by atoms with Gasteiger partial charge in [0.1, 0.15) is 5.75 Å². The number of aryl methyl sites for hydroxylation is 2. The highest BCUT2D eigenvalue weighted by molar-refractivity contribution is 6.06. The number of unbranched alkanes of at least 4 members (excludes halogenated alkanes) is 2. The maximum absolute atomic E-state index is 12.9. The average molecular weight is 480 g/mol. The van der Waals surface area contributed by atoms with Crippen LogP contribution in [-0.4, -0.2) is 61.4 Å². The predicted molar refractivity (Wildman–Crippen MR) is 142 cm³/mol. The van der Waals surface area contributed by atoms with Gasteiger partial charge >= 0.3 is 0 Å². The number of carbonyl (C=O) groups is 2. The van der Waals surface area contributed by atoms with E-state index in [1.807, 2.05) is 61.2 Å². The van der Waals surface area contributed by atoms with Gasteiger partial charge in [-0.1, -0.05) is 31.2 Å². The van der Waals surface area contributed by atoms with Crippen LogP contribution in [0.1, 0.15) is 66.9 Å². The van der Waals surface area contributed by atoms with E-state index >= 15 is 0 Å². The zero-order valence-electron chi connectivity index (χ0n) is 21.8. The van der Waals surface area contributed by atoms with Crippen molar-refractivity contribution in [2.24, 2.45) is 0 Å². The molecule has 0 saturated carbocycles. The fraction of sp³-hybridized carbons (Fsp3) is 0.517. The third-order valence-corrected chi connectivity index (χ3v) is 6.87. The van der Waals surface area contributed by atoms with E-state index in [-0.39, 0.29) is 11.8 Å². The van der Waals surface area contributed by atoms with Gasteiger partial charge in [0.25, 0.3) is 5.91 Å². The number of ether oxygens (including phenoxy) is 1. The summed E-state index contributed by atoms with van der Waals surface area (Å²) in [5.41, 5.74) is 3.48. The highest BCUT2D eigenvalue weighted by Crippen LogP contribution is 2.27. The summed E-state index contributed by atoms with van der Waals surface area (Å²) in [6, 6.07) is 14.1. The summed E-state index contributed by atoms with van der Waals surface area (Å²) in [6.07, 6.45) is 6.22. The number of benzene rings is 2. The van der Waals surface area contributed by atoms with Crippen LogP contribution in [0.15, 0.2) is 42.5 Å². The van der Waals surface area contributed by atoms with Gasteiger partial charge in [-0.2, -0.15) is 0 Å². The first-order valence-corrected chi connectivity index (χ1v) is 13.0. The molecule has 35 heavy (non-hydrogen) atoms. The Kier molecular flexibility index (Phi) is 10.2. The molecule has 0 spiro atoms. The number of rotatable bonds is 11. The Balaban J connectivity index is 1.43. The molecule has 0 aromatic heterocycles. The maximum atomic E-state index is 12.9. The maximum Gasteiger partial charge on any atom is 0.256 e. The monoisotopic (exact) mass is 479 g/mol. The van der Waals surface area contributed by atoms with E-state index in [9.17, 15) is 9.59 Å². The molecular weight excluding hydrogens is 438 g/mol. The Morgan fingerprint density at radius 2 is 1.80 bits per heavy atom. The highest BCUT2D eigenvalue weighted by Gasteiger charge is 2.23. The van der Waals surface area contributed by atoms with Crippen LogP contribution in [0.2, 0.25) is 0 Å². The molecular formula is C29H41N3O3. The van der Waals surface area contributed by atoms with Gasteiger partial charge in [0.15, 0.2) is 0 Å². The van der Waals surface area contributed by atoms with Crippen molar-refractivity contribution >= 4 is 17.5 Å². The minimum atomic E-state index is -0.121. The van der Waals surface area contributed by atoms with E-state index in [2.05, 4.69) is 24.3 Å². The van der Waals surface area contributed by atoms with Crippen LogP contribution < -0.4 is 10.1 Å². The van der Waals surface area contributed by atoms with E-state index < -0.39 is 0 Å². The van der Waals surface area contributed by atoms with Crippen molar-refractivity contribution in [1.29, 1.82) is 0 Å². The van der Waals surface area contributed by atoms with Gasteiger partial charge in [-0.3, -0.25) is 9.59 Å². The van der Waals surface area contributed by atoms with E-state index in [0.29, 0.717) is 36.1 Å². The Morgan fingerprint density at radius 3 is 2.51 bits per heavy atom. The number of nitrogens with zero attached hydrogens (tertiary/aromatic N) is 2. The Morgan fingerprint density at radius 1 is 1.06 bits per heavy atom. The van der Waals surface area contributed by atoms with Crippen molar-refractivity contribution in [2.75, 3.05) is 39.1 Å². The molecule has 1 heterocycles. The molecule has 3 rings (SSSR count). The Bertz CT molecular complexity index is 981. The number of amides is 2. The molecule has 0 aliphatic carbocycles. The molecule has 190 valence electrons. The molecule has 1 aliphatic heterocycles. The lowest BCUT2D eigenvalue weighted by molar-refractivity contribution is -0.132. The molecule has 1 saturated heterocycles. The molecule has 1 N–H and O–H groups in total. The van der Waals surface area contributed by atoms with E-state index in [4.69, 9.17) is 4.74 Å². The standard InChI is InChI=1S/C29H41N3O3/c1-5-23-11-8-9-12-25(23)29(34)30-26-15-14-22(2)21-27(26)35-20-10-6-7-13-28(33)32-18-16-24(17-19-32)31(3)4/h8-9,11-12,14-15,21,24H,5-7,10,13,16-20H2,1-4H3,(H,30,34). The number of anilines is 1. The van der Waals surface area contributed by atoms with Crippen molar-refractivity contribution in [3.8, 4) is 5.75 Å². The smallest absolute Gasteiger partial charge is 0.256 e. The molecule has 6 heteroatoms. The summed E-state index contributed by atoms with van der Waals surface area (Å²) in [5, 5.41) is 3.02. The normalized spacial score (nSPS) is 14.3. The van der Waals surface area contributed by atoms with E-state index in [1.165, 1.54) is 0 Å². The predicted octanol–water partition coefficient (Wildman–Crippen LogP) is 5.30. The van der Waals surface area contributed by atoms with Crippen LogP contribution >= 0.6 is 0 Å². The van der Waals surface area contributed by atoms with Crippen molar-refractivity contribution in [3.05, 3.63) is 59.2 Å². The van der Waals surface area contributed by atoms with E-state index in [0.717, 1.165) is 62.7 Å². The quantitative estimate of drug-likeness (QED) is 0.444. The second-order valence-electron chi connectivity index (χ2n) is 9.70.